The molecule has 0 spiro atoms. The van der Waals surface area contributed by atoms with Crippen LogP contribution in [0.2, 0.25) is 0 Å². The summed E-state index contributed by atoms with van der Waals surface area (Å²) in [6, 6.07) is 10.8. The van der Waals surface area contributed by atoms with Crippen molar-refractivity contribution in [2.75, 3.05) is 5.75 Å². The Hall–Kier alpha value is -1.69. The largest absolute Gasteiger partial charge is 0.175 e. The molecule has 0 fully saturated rings. The topological polar surface area (TPSA) is 0 Å². The number of hydrogen-bond donors (Lipinski definition) is 1. The average molecular weight is 294 g/mol. The minimum atomic E-state index is 0.650. The van der Waals surface area contributed by atoms with Gasteiger partial charge in [0.15, 0.2) is 0 Å². The molecule has 1 aromatic rings. The minimum Gasteiger partial charge on any atom is -0.175 e. The quantitative estimate of drug-likeness (QED) is 0.406. The van der Waals surface area contributed by atoms with Gasteiger partial charge >= 0.3 is 0 Å². The molecule has 0 aromatic heterocycles. The molecule has 0 N–H and O–H groups in total. The van der Waals surface area contributed by atoms with Crippen LogP contribution in [0.4, 0.5) is 0 Å². The van der Waals surface area contributed by atoms with Crippen LogP contribution in [0.5, 0.6) is 0 Å². The Bertz CT molecular complexity index is 584. The van der Waals surface area contributed by atoms with Crippen molar-refractivity contribution in [3.05, 3.63) is 89.7 Å². The molecule has 1 atom stereocenters. The van der Waals surface area contributed by atoms with E-state index in [1.54, 1.807) is 0 Å². The van der Waals surface area contributed by atoms with E-state index in [4.69, 9.17) is 0 Å². The van der Waals surface area contributed by atoms with Crippen molar-refractivity contribution in [3.63, 3.8) is 0 Å². The van der Waals surface area contributed by atoms with Crippen LogP contribution in [0.1, 0.15) is 30.7 Å². The van der Waals surface area contributed by atoms with Crippen molar-refractivity contribution < 1.29 is 0 Å². The fourth-order valence-corrected chi connectivity index (χ4v) is 2.84. The Balaban J connectivity index is 2.11. The van der Waals surface area contributed by atoms with Crippen LogP contribution in [0.25, 0.3) is 0 Å². The molecular formula is C20H22S. The van der Waals surface area contributed by atoms with E-state index in [0.29, 0.717) is 5.92 Å². The number of thiol groups is 1. The van der Waals surface area contributed by atoms with E-state index in [2.05, 4.69) is 73.5 Å². The van der Waals surface area contributed by atoms with E-state index in [-0.39, 0.29) is 0 Å². The molecule has 0 aliphatic heterocycles. The molecule has 0 bridgehead atoms. The van der Waals surface area contributed by atoms with Crippen molar-refractivity contribution >= 4 is 12.6 Å². The van der Waals surface area contributed by atoms with Gasteiger partial charge in [0, 0.05) is 5.75 Å². The standard InChI is InChI=1S/C20H22S/c1-2-8-17(11-6-7-16-21)19-12-14-20(15-13-19)18-9-4-3-5-10-18/h3-12,20-21H,1,13-16H2/b7-6+,17-11+. The van der Waals surface area contributed by atoms with Crippen LogP contribution < -0.4 is 0 Å². The van der Waals surface area contributed by atoms with E-state index in [1.807, 2.05) is 12.2 Å². The SMILES string of the molecule is C=C=C/C(=C\C=C\CS)C1=CCC(c2ccccc2)CC1. The van der Waals surface area contributed by atoms with Gasteiger partial charge in [-0.1, -0.05) is 61.2 Å². The Labute approximate surface area is 133 Å². The lowest BCUT2D eigenvalue weighted by Crippen LogP contribution is -2.05. The second-order valence-corrected chi connectivity index (χ2v) is 5.56. The third kappa shape index (κ3) is 4.67. The van der Waals surface area contributed by atoms with Gasteiger partial charge in [-0.25, -0.2) is 0 Å². The van der Waals surface area contributed by atoms with Crippen LogP contribution in [0.15, 0.2) is 84.2 Å². The molecule has 1 aliphatic rings. The Morgan fingerprint density at radius 2 is 2.14 bits per heavy atom. The van der Waals surface area contributed by atoms with Gasteiger partial charge in [0.2, 0.25) is 0 Å². The first-order valence-electron chi connectivity index (χ1n) is 7.43. The van der Waals surface area contributed by atoms with Crippen LogP contribution in [-0.2, 0) is 0 Å². The fraction of sp³-hybridized carbons (Fsp3) is 0.250. The summed E-state index contributed by atoms with van der Waals surface area (Å²) in [5.74, 6) is 1.41. The van der Waals surface area contributed by atoms with Crippen LogP contribution in [0.3, 0.4) is 0 Å². The molecule has 0 nitrogen and oxygen atoms in total. The highest BCUT2D eigenvalue weighted by Gasteiger charge is 2.16. The van der Waals surface area contributed by atoms with Crippen molar-refractivity contribution in [2.24, 2.45) is 0 Å². The van der Waals surface area contributed by atoms with Crippen molar-refractivity contribution in [3.8, 4) is 0 Å². The molecule has 0 heterocycles. The first-order valence-corrected chi connectivity index (χ1v) is 8.06. The molecule has 2 rings (SSSR count). The van der Waals surface area contributed by atoms with E-state index >= 15 is 0 Å². The molecule has 108 valence electrons. The maximum atomic E-state index is 4.19. The summed E-state index contributed by atoms with van der Waals surface area (Å²) in [6.07, 6.45) is 14.0. The first kappa shape index (κ1) is 15.7. The predicted octanol–water partition coefficient (Wildman–Crippen LogP) is 5.63. The highest BCUT2D eigenvalue weighted by Crippen LogP contribution is 2.34. The maximum absolute atomic E-state index is 4.19. The van der Waals surface area contributed by atoms with Crippen LogP contribution >= 0.6 is 12.6 Å². The second-order valence-electron chi connectivity index (χ2n) is 5.19. The van der Waals surface area contributed by atoms with Gasteiger partial charge in [0.25, 0.3) is 0 Å². The molecule has 1 aromatic carbocycles. The third-order valence-electron chi connectivity index (χ3n) is 3.83. The van der Waals surface area contributed by atoms with Crippen molar-refractivity contribution in [1.29, 1.82) is 0 Å². The van der Waals surface area contributed by atoms with E-state index in [9.17, 15) is 0 Å². The number of rotatable bonds is 5. The normalized spacial score (nSPS) is 19.2. The van der Waals surface area contributed by atoms with Crippen LogP contribution in [-0.4, -0.2) is 5.75 Å². The lowest BCUT2D eigenvalue weighted by atomic mass is 9.82. The van der Waals surface area contributed by atoms with Crippen molar-refractivity contribution in [1.82, 2.24) is 0 Å². The zero-order chi connectivity index (χ0) is 14.9. The molecule has 0 amide bonds. The van der Waals surface area contributed by atoms with Gasteiger partial charge in [0.1, 0.15) is 0 Å². The summed E-state index contributed by atoms with van der Waals surface area (Å²) in [7, 11) is 0. The molecular weight excluding hydrogens is 272 g/mol. The zero-order valence-electron chi connectivity index (χ0n) is 12.3. The fourth-order valence-electron chi connectivity index (χ4n) is 2.71. The van der Waals surface area contributed by atoms with Gasteiger partial charge in [-0.2, -0.15) is 12.6 Å². The maximum Gasteiger partial charge on any atom is 0.00856 e. The van der Waals surface area contributed by atoms with Gasteiger partial charge < -0.3 is 0 Å². The average Bonchev–Trinajstić information content (AvgIpc) is 2.55. The minimum absolute atomic E-state index is 0.650. The van der Waals surface area contributed by atoms with E-state index in [0.717, 1.165) is 18.6 Å². The lowest BCUT2D eigenvalue weighted by molar-refractivity contribution is 0.603. The highest BCUT2D eigenvalue weighted by molar-refractivity contribution is 7.80. The summed E-state index contributed by atoms with van der Waals surface area (Å²) in [5, 5.41) is 0. The van der Waals surface area contributed by atoms with Gasteiger partial charge in [0.05, 0.1) is 0 Å². The molecule has 0 saturated heterocycles. The molecule has 1 unspecified atom stereocenters. The second kappa shape index (κ2) is 8.56. The summed E-state index contributed by atoms with van der Waals surface area (Å²) >= 11 is 4.19. The molecule has 1 heteroatoms. The predicted molar refractivity (Wildman–Crippen MR) is 95.9 cm³/mol. The molecule has 0 saturated carbocycles. The Kier molecular flexibility index (Phi) is 6.40. The van der Waals surface area contributed by atoms with Gasteiger partial charge in [-0.15, -0.1) is 5.73 Å². The Morgan fingerprint density at radius 1 is 1.33 bits per heavy atom. The molecule has 21 heavy (non-hydrogen) atoms. The van der Waals surface area contributed by atoms with Gasteiger partial charge in [-0.05, 0) is 48.0 Å². The Morgan fingerprint density at radius 3 is 2.76 bits per heavy atom. The molecule has 1 aliphatic carbocycles. The molecule has 0 radical (unpaired) electrons. The third-order valence-corrected chi connectivity index (χ3v) is 4.04. The number of hydrogen-bond acceptors (Lipinski definition) is 1. The zero-order valence-corrected chi connectivity index (χ0v) is 13.2. The number of benzene rings is 1. The van der Waals surface area contributed by atoms with E-state index in [1.165, 1.54) is 23.1 Å². The monoisotopic (exact) mass is 294 g/mol. The smallest absolute Gasteiger partial charge is 0.00856 e. The van der Waals surface area contributed by atoms with Crippen LogP contribution in [0, 0.1) is 0 Å². The summed E-state index contributed by atoms with van der Waals surface area (Å²) < 4.78 is 0. The summed E-state index contributed by atoms with van der Waals surface area (Å²) in [4.78, 5) is 0. The van der Waals surface area contributed by atoms with E-state index < -0.39 is 0 Å². The van der Waals surface area contributed by atoms with Crippen molar-refractivity contribution in [2.45, 2.75) is 25.2 Å². The van der Waals surface area contributed by atoms with Gasteiger partial charge in [-0.3, -0.25) is 0 Å². The number of allylic oxidation sites excluding steroid dienone is 6. The summed E-state index contributed by atoms with van der Waals surface area (Å²) in [5.41, 5.74) is 6.97. The first-order chi connectivity index (χ1) is 10.3. The summed E-state index contributed by atoms with van der Waals surface area (Å²) in [6.45, 7) is 3.70. The lowest BCUT2D eigenvalue weighted by Gasteiger charge is -2.22. The highest BCUT2D eigenvalue weighted by atomic mass is 32.1.